The largest absolute Gasteiger partial charge is 0.305 e. The second-order valence-corrected chi connectivity index (χ2v) is 4.81. The predicted octanol–water partition coefficient (Wildman–Crippen LogP) is 3.11. The summed E-state index contributed by atoms with van der Waals surface area (Å²) >= 11 is 3.19. The number of benzene rings is 1. The van der Waals surface area contributed by atoms with Gasteiger partial charge in [0.15, 0.2) is 5.82 Å². The molecule has 1 amide bonds. The van der Waals surface area contributed by atoms with Crippen molar-refractivity contribution in [1.82, 2.24) is 9.97 Å². The van der Waals surface area contributed by atoms with Gasteiger partial charge < -0.3 is 5.32 Å². The van der Waals surface area contributed by atoms with E-state index < -0.39 is 0 Å². The fraction of sp³-hybridized carbons (Fsp3) is 0.154. The smallest absolute Gasteiger partial charge is 0.257 e. The minimum atomic E-state index is -0.177. The maximum atomic E-state index is 12.0. The van der Waals surface area contributed by atoms with Crippen molar-refractivity contribution in [1.29, 1.82) is 0 Å². The number of halogens is 1. The van der Waals surface area contributed by atoms with Gasteiger partial charge in [-0.3, -0.25) is 4.79 Å². The molecule has 0 aliphatic carbocycles. The van der Waals surface area contributed by atoms with Gasteiger partial charge in [0.2, 0.25) is 0 Å². The molecule has 18 heavy (non-hydrogen) atoms. The molecule has 0 fully saturated rings. The van der Waals surface area contributed by atoms with Crippen LogP contribution >= 0.6 is 15.9 Å². The molecule has 2 rings (SSSR count). The summed E-state index contributed by atoms with van der Waals surface area (Å²) in [6.45, 7) is 3.91. The lowest BCUT2D eigenvalue weighted by Crippen LogP contribution is -2.14. The molecule has 0 unspecified atom stereocenters. The summed E-state index contributed by atoms with van der Waals surface area (Å²) in [6.07, 6.45) is 3.04. The molecule has 0 aliphatic rings. The molecule has 1 aromatic heterocycles. The molecule has 0 bridgehead atoms. The maximum absolute atomic E-state index is 12.0. The summed E-state index contributed by atoms with van der Waals surface area (Å²) in [5.74, 6) is 0.257. The fourth-order valence-corrected chi connectivity index (χ4v) is 1.83. The van der Waals surface area contributed by atoms with Crippen LogP contribution in [0.3, 0.4) is 0 Å². The van der Waals surface area contributed by atoms with Crippen molar-refractivity contribution in [2.45, 2.75) is 13.8 Å². The number of nitrogens with one attached hydrogen (secondary N) is 1. The van der Waals surface area contributed by atoms with Gasteiger partial charge in [0.25, 0.3) is 5.91 Å². The lowest BCUT2D eigenvalue weighted by Gasteiger charge is -2.07. The van der Waals surface area contributed by atoms with Gasteiger partial charge in [0.1, 0.15) is 4.60 Å². The Labute approximate surface area is 114 Å². The minimum absolute atomic E-state index is 0.177. The molecular weight excluding hydrogens is 294 g/mol. The van der Waals surface area contributed by atoms with Gasteiger partial charge in [0.05, 0.1) is 12.4 Å². The molecule has 1 heterocycles. The van der Waals surface area contributed by atoms with Gasteiger partial charge in [-0.05, 0) is 41.4 Å². The summed E-state index contributed by atoms with van der Waals surface area (Å²) in [7, 11) is 0. The number of hydrogen-bond donors (Lipinski definition) is 1. The van der Waals surface area contributed by atoms with Crippen molar-refractivity contribution in [3.8, 4) is 0 Å². The van der Waals surface area contributed by atoms with E-state index in [1.807, 2.05) is 32.0 Å². The molecule has 1 aromatic carbocycles. The summed E-state index contributed by atoms with van der Waals surface area (Å²) in [6, 6.07) is 5.70. The Bertz CT molecular complexity index is 581. The van der Waals surface area contributed by atoms with Crippen LogP contribution in [-0.4, -0.2) is 15.9 Å². The highest BCUT2D eigenvalue weighted by molar-refractivity contribution is 9.10. The Morgan fingerprint density at radius 1 is 1.22 bits per heavy atom. The highest BCUT2D eigenvalue weighted by Gasteiger charge is 2.09. The lowest BCUT2D eigenvalue weighted by atomic mass is 10.1. The molecule has 0 aliphatic heterocycles. The molecule has 0 saturated heterocycles. The Morgan fingerprint density at radius 2 is 2.00 bits per heavy atom. The van der Waals surface area contributed by atoms with Gasteiger partial charge in [-0.1, -0.05) is 17.7 Å². The van der Waals surface area contributed by atoms with Gasteiger partial charge >= 0.3 is 0 Å². The third-order valence-corrected chi connectivity index (χ3v) is 2.90. The average molecular weight is 306 g/mol. The standard InChI is InChI=1S/C13H12BrN3O/c1-8-3-4-10(9(2)5-8)13(18)17-12-7-15-11(14)6-16-12/h3-7H,1-2H3,(H,16,17,18). The molecular formula is C13H12BrN3O. The van der Waals surface area contributed by atoms with Crippen LogP contribution in [0.5, 0.6) is 0 Å². The molecule has 2 aromatic rings. The molecule has 1 N–H and O–H groups in total. The van der Waals surface area contributed by atoms with Crippen LogP contribution in [0.2, 0.25) is 0 Å². The number of rotatable bonds is 2. The van der Waals surface area contributed by atoms with E-state index in [1.165, 1.54) is 12.4 Å². The van der Waals surface area contributed by atoms with Crippen LogP contribution in [0.15, 0.2) is 35.2 Å². The number of amides is 1. The first-order valence-corrected chi connectivity index (χ1v) is 6.22. The van der Waals surface area contributed by atoms with Crippen molar-refractivity contribution >= 4 is 27.7 Å². The summed E-state index contributed by atoms with van der Waals surface area (Å²) in [5.41, 5.74) is 2.72. The van der Waals surface area contributed by atoms with Crippen LogP contribution in [0.25, 0.3) is 0 Å². The topological polar surface area (TPSA) is 54.9 Å². The molecule has 0 saturated carbocycles. The van der Waals surface area contributed by atoms with E-state index in [2.05, 4.69) is 31.2 Å². The van der Waals surface area contributed by atoms with Crippen LogP contribution in [0.4, 0.5) is 5.82 Å². The summed E-state index contributed by atoms with van der Waals surface area (Å²) < 4.78 is 0.631. The van der Waals surface area contributed by atoms with Gasteiger partial charge in [-0.2, -0.15) is 0 Å². The van der Waals surface area contributed by atoms with Gasteiger partial charge in [-0.25, -0.2) is 9.97 Å². The van der Waals surface area contributed by atoms with Crippen molar-refractivity contribution in [2.24, 2.45) is 0 Å². The zero-order valence-electron chi connectivity index (χ0n) is 10.1. The average Bonchev–Trinajstić information content (AvgIpc) is 2.32. The van der Waals surface area contributed by atoms with Crippen molar-refractivity contribution < 1.29 is 4.79 Å². The second-order valence-electron chi connectivity index (χ2n) is 4.00. The maximum Gasteiger partial charge on any atom is 0.257 e. The Kier molecular flexibility index (Phi) is 3.72. The number of carbonyl (C=O) groups excluding carboxylic acids is 1. The number of nitrogens with zero attached hydrogens (tertiary/aromatic N) is 2. The van der Waals surface area contributed by atoms with Crippen molar-refractivity contribution in [3.63, 3.8) is 0 Å². The van der Waals surface area contributed by atoms with E-state index in [-0.39, 0.29) is 5.91 Å². The zero-order chi connectivity index (χ0) is 13.1. The molecule has 5 heteroatoms. The number of carbonyl (C=O) groups is 1. The van der Waals surface area contributed by atoms with E-state index in [9.17, 15) is 4.79 Å². The van der Waals surface area contributed by atoms with E-state index in [0.717, 1.165) is 11.1 Å². The Hall–Kier alpha value is -1.75. The van der Waals surface area contributed by atoms with E-state index in [4.69, 9.17) is 0 Å². The summed E-state index contributed by atoms with van der Waals surface area (Å²) in [5, 5.41) is 2.71. The second kappa shape index (κ2) is 5.27. The van der Waals surface area contributed by atoms with Gasteiger partial charge in [-0.15, -0.1) is 0 Å². The van der Waals surface area contributed by atoms with Gasteiger partial charge in [0, 0.05) is 5.56 Å². The van der Waals surface area contributed by atoms with E-state index >= 15 is 0 Å². The predicted molar refractivity (Wildman–Crippen MR) is 73.6 cm³/mol. The fourth-order valence-electron chi connectivity index (χ4n) is 1.63. The van der Waals surface area contributed by atoms with Crippen molar-refractivity contribution in [3.05, 3.63) is 51.9 Å². The molecule has 0 atom stereocenters. The lowest BCUT2D eigenvalue weighted by molar-refractivity contribution is 0.102. The molecule has 0 spiro atoms. The van der Waals surface area contributed by atoms with Crippen LogP contribution in [-0.2, 0) is 0 Å². The monoisotopic (exact) mass is 305 g/mol. The number of aromatic nitrogens is 2. The third kappa shape index (κ3) is 2.92. The highest BCUT2D eigenvalue weighted by Crippen LogP contribution is 2.13. The highest BCUT2D eigenvalue weighted by atomic mass is 79.9. The van der Waals surface area contributed by atoms with Crippen molar-refractivity contribution in [2.75, 3.05) is 5.32 Å². The van der Waals surface area contributed by atoms with Crippen LogP contribution in [0, 0.1) is 13.8 Å². The Morgan fingerprint density at radius 3 is 2.61 bits per heavy atom. The van der Waals surface area contributed by atoms with Crippen LogP contribution < -0.4 is 5.32 Å². The molecule has 4 nitrogen and oxygen atoms in total. The first kappa shape index (κ1) is 12.7. The van der Waals surface area contributed by atoms with Crippen LogP contribution in [0.1, 0.15) is 21.5 Å². The molecule has 92 valence electrons. The third-order valence-electron chi connectivity index (χ3n) is 2.49. The summed E-state index contributed by atoms with van der Waals surface area (Å²) in [4.78, 5) is 20.1. The number of anilines is 1. The minimum Gasteiger partial charge on any atom is -0.305 e. The first-order valence-electron chi connectivity index (χ1n) is 5.42. The number of hydrogen-bond acceptors (Lipinski definition) is 3. The quantitative estimate of drug-likeness (QED) is 0.927. The normalized spacial score (nSPS) is 10.2. The Balaban J connectivity index is 2.19. The first-order chi connectivity index (χ1) is 8.56. The number of aryl methyl sites for hydroxylation is 2. The van der Waals surface area contributed by atoms with E-state index in [1.54, 1.807) is 0 Å². The zero-order valence-corrected chi connectivity index (χ0v) is 11.7. The SMILES string of the molecule is Cc1ccc(C(=O)Nc2cnc(Br)cn2)c(C)c1. The molecule has 0 radical (unpaired) electrons. The van der Waals surface area contributed by atoms with E-state index in [0.29, 0.717) is 16.0 Å².